The average molecular weight is 285 g/mol. The van der Waals surface area contributed by atoms with Gasteiger partial charge in [0, 0.05) is 18.1 Å². The Bertz CT molecular complexity index is 379. The maximum absolute atomic E-state index is 12.1. The molecule has 1 aromatic carbocycles. The monoisotopic (exact) mass is 284 g/mol. The zero-order valence-corrected chi connectivity index (χ0v) is 11.3. The molecule has 0 fully saturated rings. The third-order valence-electron chi connectivity index (χ3n) is 2.40. The van der Waals surface area contributed by atoms with Crippen molar-refractivity contribution in [2.75, 3.05) is 20.1 Å². The Hall–Kier alpha value is -0.870. The van der Waals surface area contributed by atoms with Gasteiger partial charge in [0.15, 0.2) is 0 Å². The molecule has 0 saturated heterocycles. The first-order valence-corrected chi connectivity index (χ1v) is 6.07. The van der Waals surface area contributed by atoms with E-state index in [0.717, 1.165) is 16.5 Å². The number of amides is 1. The fourth-order valence-electron chi connectivity index (χ4n) is 1.44. The molecule has 0 aromatic heterocycles. The molecule has 1 rings (SSSR count). The van der Waals surface area contributed by atoms with Gasteiger partial charge < -0.3 is 10.6 Å². The quantitative estimate of drug-likeness (QED) is 0.921. The molecule has 0 saturated carbocycles. The van der Waals surface area contributed by atoms with E-state index in [2.05, 4.69) is 15.9 Å². The summed E-state index contributed by atoms with van der Waals surface area (Å²) in [6.45, 7) is 3.27. The zero-order valence-electron chi connectivity index (χ0n) is 9.66. The minimum atomic E-state index is 0.0315. The van der Waals surface area contributed by atoms with E-state index < -0.39 is 0 Å². The summed E-state index contributed by atoms with van der Waals surface area (Å²) >= 11 is 3.40. The van der Waals surface area contributed by atoms with E-state index in [-0.39, 0.29) is 5.91 Å². The van der Waals surface area contributed by atoms with Crippen LogP contribution in [0.4, 0.5) is 0 Å². The van der Waals surface area contributed by atoms with Crippen molar-refractivity contribution in [1.29, 1.82) is 0 Å². The molecule has 0 heterocycles. The molecule has 0 atom stereocenters. The molecule has 0 spiro atoms. The summed E-state index contributed by atoms with van der Waals surface area (Å²) in [5.41, 5.74) is 7.21. The summed E-state index contributed by atoms with van der Waals surface area (Å²) in [6.07, 6.45) is 0.825. The summed E-state index contributed by atoms with van der Waals surface area (Å²) in [4.78, 5) is 13.8. The van der Waals surface area contributed by atoms with Gasteiger partial charge in [-0.15, -0.1) is 0 Å². The SMILES string of the molecule is Cc1ccc(Br)c(C(=O)N(C)CCCN)c1. The number of carbonyl (C=O) groups is 1. The van der Waals surface area contributed by atoms with Crippen molar-refractivity contribution in [3.8, 4) is 0 Å². The van der Waals surface area contributed by atoms with E-state index in [1.54, 1.807) is 11.9 Å². The molecule has 2 N–H and O–H groups in total. The van der Waals surface area contributed by atoms with Crippen LogP contribution in [0.25, 0.3) is 0 Å². The number of carbonyl (C=O) groups excluding carboxylic acids is 1. The second-order valence-corrected chi connectivity index (χ2v) is 4.71. The van der Waals surface area contributed by atoms with Crippen molar-refractivity contribution in [1.82, 2.24) is 4.90 Å². The number of rotatable bonds is 4. The van der Waals surface area contributed by atoms with Crippen LogP contribution < -0.4 is 5.73 Å². The lowest BCUT2D eigenvalue weighted by Crippen LogP contribution is -2.29. The lowest BCUT2D eigenvalue weighted by Gasteiger charge is -2.17. The van der Waals surface area contributed by atoms with Crippen LogP contribution in [-0.2, 0) is 0 Å². The fourth-order valence-corrected chi connectivity index (χ4v) is 1.85. The molecular weight excluding hydrogens is 268 g/mol. The summed E-state index contributed by atoms with van der Waals surface area (Å²) < 4.78 is 0.836. The Morgan fingerprint density at radius 2 is 2.19 bits per heavy atom. The number of nitrogens with two attached hydrogens (primary N) is 1. The molecule has 0 radical (unpaired) electrons. The van der Waals surface area contributed by atoms with E-state index in [0.29, 0.717) is 18.7 Å². The maximum Gasteiger partial charge on any atom is 0.254 e. The van der Waals surface area contributed by atoms with Gasteiger partial charge in [-0.2, -0.15) is 0 Å². The van der Waals surface area contributed by atoms with Crippen LogP contribution in [-0.4, -0.2) is 30.9 Å². The van der Waals surface area contributed by atoms with E-state index in [1.807, 2.05) is 25.1 Å². The van der Waals surface area contributed by atoms with E-state index >= 15 is 0 Å². The molecular formula is C12H17BrN2O. The van der Waals surface area contributed by atoms with E-state index in [4.69, 9.17) is 5.73 Å². The standard InChI is InChI=1S/C12H17BrN2O/c1-9-4-5-11(13)10(8-9)12(16)15(2)7-3-6-14/h4-5,8H,3,6-7,14H2,1-2H3. The van der Waals surface area contributed by atoms with Crippen molar-refractivity contribution in [2.24, 2.45) is 5.73 Å². The van der Waals surface area contributed by atoms with Gasteiger partial charge in [-0.1, -0.05) is 11.6 Å². The van der Waals surface area contributed by atoms with Gasteiger partial charge in [0.2, 0.25) is 0 Å². The maximum atomic E-state index is 12.1. The topological polar surface area (TPSA) is 46.3 Å². The highest BCUT2D eigenvalue weighted by atomic mass is 79.9. The highest BCUT2D eigenvalue weighted by Crippen LogP contribution is 2.19. The van der Waals surface area contributed by atoms with Gasteiger partial charge in [-0.25, -0.2) is 0 Å². The summed E-state index contributed by atoms with van der Waals surface area (Å²) in [6, 6.07) is 5.77. The summed E-state index contributed by atoms with van der Waals surface area (Å²) in [5, 5.41) is 0. The molecule has 1 amide bonds. The molecule has 0 unspecified atom stereocenters. The smallest absolute Gasteiger partial charge is 0.254 e. The first-order chi connectivity index (χ1) is 7.56. The van der Waals surface area contributed by atoms with Crippen molar-refractivity contribution < 1.29 is 4.79 Å². The second kappa shape index (κ2) is 6.01. The molecule has 4 heteroatoms. The van der Waals surface area contributed by atoms with Gasteiger partial charge in [-0.3, -0.25) is 4.79 Å². The molecule has 16 heavy (non-hydrogen) atoms. The van der Waals surface area contributed by atoms with Crippen molar-refractivity contribution in [3.05, 3.63) is 33.8 Å². The van der Waals surface area contributed by atoms with Crippen LogP contribution in [0.2, 0.25) is 0 Å². The Morgan fingerprint density at radius 3 is 2.81 bits per heavy atom. The van der Waals surface area contributed by atoms with Gasteiger partial charge in [0.1, 0.15) is 0 Å². The predicted molar refractivity (Wildman–Crippen MR) is 69.5 cm³/mol. The van der Waals surface area contributed by atoms with E-state index in [1.165, 1.54) is 0 Å². The molecule has 88 valence electrons. The summed E-state index contributed by atoms with van der Waals surface area (Å²) in [5.74, 6) is 0.0315. The third kappa shape index (κ3) is 3.32. The van der Waals surface area contributed by atoms with Gasteiger partial charge in [-0.05, 0) is 48.0 Å². The van der Waals surface area contributed by atoms with Gasteiger partial charge in [0.05, 0.1) is 5.56 Å². The highest BCUT2D eigenvalue weighted by Gasteiger charge is 2.14. The fraction of sp³-hybridized carbons (Fsp3) is 0.417. The number of hydrogen-bond acceptors (Lipinski definition) is 2. The van der Waals surface area contributed by atoms with Crippen LogP contribution in [0.1, 0.15) is 22.3 Å². The van der Waals surface area contributed by atoms with Crippen molar-refractivity contribution >= 4 is 21.8 Å². The van der Waals surface area contributed by atoms with Crippen LogP contribution >= 0.6 is 15.9 Å². The molecule has 3 nitrogen and oxygen atoms in total. The van der Waals surface area contributed by atoms with Gasteiger partial charge >= 0.3 is 0 Å². The van der Waals surface area contributed by atoms with Gasteiger partial charge in [0.25, 0.3) is 5.91 Å². The normalized spacial score (nSPS) is 10.2. The molecule has 0 aliphatic carbocycles. The Morgan fingerprint density at radius 1 is 1.50 bits per heavy atom. The number of benzene rings is 1. The molecule has 0 aliphatic heterocycles. The zero-order chi connectivity index (χ0) is 12.1. The van der Waals surface area contributed by atoms with Crippen LogP contribution in [0.15, 0.2) is 22.7 Å². The number of aryl methyl sites for hydroxylation is 1. The Kier molecular flexibility index (Phi) is 4.96. The van der Waals surface area contributed by atoms with Crippen molar-refractivity contribution in [3.63, 3.8) is 0 Å². The summed E-state index contributed by atoms with van der Waals surface area (Å²) in [7, 11) is 1.80. The minimum Gasteiger partial charge on any atom is -0.342 e. The minimum absolute atomic E-state index is 0.0315. The highest BCUT2D eigenvalue weighted by molar-refractivity contribution is 9.10. The van der Waals surface area contributed by atoms with Crippen molar-refractivity contribution in [2.45, 2.75) is 13.3 Å². The largest absolute Gasteiger partial charge is 0.342 e. The van der Waals surface area contributed by atoms with Crippen LogP contribution in [0, 0.1) is 6.92 Å². The molecule has 0 bridgehead atoms. The molecule has 1 aromatic rings. The molecule has 0 aliphatic rings. The number of halogens is 1. The number of nitrogens with zero attached hydrogens (tertiary/aromatic N) is 1. The predicted octanol–water partition coefficient (Wildman–Crippen LogP) is 2.18. The Labute approximate surface area is 105 Å². The average Bonchev–Trinajstić information content (AvgIpc) is 2.28. The van der Waals surface area contributed by atoms with Crippen LogP contribution in [0.5, 0.6) is 0 Å². The first kappa shape index (κ1) is 13.2. The second-order valence-electron chi connectivity index (χ2n) is 3.85. The third-order valence-corrected chi connectivity index (χ3v) is 3.09. The lowest BCUT2D eigenvalue weighted by atomic mass is 10.1. The first-order valence-electron chi connectivity index (χ1n) is 5.28. The van der Waals surface area contributed by atoms with Crippen LogP contribution in [0.3, 0.4) is 0 Å². The number of hydrogen-bond donors (Lipinski definition) is 1. The lowest BCUT2D eigenvalue weighted by molar-refractivity contribution is 0.0793. The Balaban J connectivity index is 2.83. The van der Waals surface area contributed by atoms with E-state index in [9.17, 15) is 4.79 Å².